The fourth-order valence-corrected chi connectivity index (χ4v) is 1.63. The van der Waals surface area contributed by atoms with Crippen LogP contribution in [-0.2, 0) is 0 Å². The Hall–Kier alpha value is 0.430. The number of benzene rings is 1. The van der Waals surface area contributed by atoms with Gasteiger partial charge in [0.25, 0.3) is 0 Å². The van der Waals surface area contributed by atoms with Crippen LogP contribution in [0.25, 0.3) is 0 Å². The number of hydrogen-bond acceptors (Lipinski definition) is 1. The third-order valence-electron chi connectivity index (χ3n) is 1.47. The summed E-state index contributed by atoms with van der Waals surface area (Å²) in [4.78, 5) is 0. The molecule has 66 valence electrons. The first-order valence-electron chi connectivity index (χ1n) is 3.34. The van der Waals surface area contributed by atoms with Crippen LogP contribution in [0.5, 0.6) is 0 Å². The quantitative estimate of drug-likeness (QED) is 0.829. The van der Waals surface area contributed by atoms with Crippen molar-refractivity contribution in [3.05, 3.63) is 32.7 Å². The molecule has 0 aliphatic rings. The molecule has 1 nitrogen and oxygen atoms in total. The molecule has 0 aliphatic carbocycles. The van der Waals surface area contributed by atoms with Gasteiger partial charge in [-0.15, -0.1) is 11.6 Å². The lowest BCUT2D eigenvalue weighted by atomic mass is 10.1. The van der Waals surface area contributed by atoms with Gasteiger partial charge in [0.1, 0.15) is 0 Å². The van der Waals surface area contributed by atoms with Crippen LogP contribution in [0.15, 0.2) is 27.1 Å². The summed E-state index contributed by atoms with van der Waals surface area (Å²) in [6, 6.07) is 5.55. The molecule has 4 heteroatoms. The summed E-state index contributed by atoms with van der Waals surface area (Å²) in [7, 11) is 0. The maximum absolute atomic E-state index is 9.38. The molecule has 0 saturated carbocycles. The van der Waals surface area contributed by atoms with Crippen molar-refractivity contribution < 1.29 is 5.11 Å². The number of halogens is 3. The fraction of sp³-hybridized carbons (Fsp3) is 0.250. The predicted octanol–water partition coefficient (Wildman–Crippen LogP) is 3.48. The summed E-state index contributed by atoms with van der Waals surface area (Å²) in [5, 5.41) is 9.38. The monoisotopic (exact) mass is 312 g/mol. The zero-order valence-electron chi connectivity index (χ0n) is 6.10. The lowest BCUT2D eigenvalue weighted by Gasteiger charge is -2.07. The Balaban J connectivity index is 2.96. The van der Waals surface area contributed by atoms with E-state index in [1.165, 1.54) is 0 Å². The topological polar surface area (TPSA) is 20.2 Å². The van der Waals surface area contributed by atoms with Crippen molar-refractivity contribution in [3.63, 3.8) is 0 Å². The molecule has 0 amide bonds. The van der Waals surface area contributed by atoms with Gasteiger partial charge in [-0.05, 0) is 49.6 Å². The van der Waals surface area contributed by atoms with Crippen LogP contribution in [0, 0.1) is 0 Å². The molecule has 0 spiro atoms. The molecule has 0 heterocycles. The van der Waals surface area contributed by atoms with Gasteiger partial charge in [0.05, 0.1) is 12.0 Å². The molecule has 1 N–H and O–H groups in total. The maximum atomic E-state index is 9.38. The summed E-state index contributed by atoms with van der Waals surface area (Å²) in [5.41, 5.74) is 0.820. The van der Waals surface area contributed by atoms with E-state index in [-0.39, 0.29) is 5.88 Å². The highest BCUT2D eigenvalue weighted by Gasteiger charge is 2.06. The molecular formula is C8H7Br2ClO. The molecule has 1 atom stereocenters. The third-order valence-corrected chi connectivity index (χ3v) is 3.65. The standard InChI is InChI=1S/C8H7Br2ClO/c9-6-2-1-5(3-7(6)10)8(12)4-11/h1-3,8,12H,4H2. The molecule has 1 aromatic carbocycles. The average molecular weight is 314 g/mol. The third kappa shape index (κ3) is 2.46. The summed E-state index contributed by atoms with van der Waals surface area (Å²) in [6.07, 6.45) is -0.587. The Bertz CT molecular complexity index is 278. The van der Waals surface area contributed by atoms with Crippen LogP contribution in [-0.4, -0.2) is 11.0 Å². The van der Waals surface area contributed by atoms with E-state index >= 15 is 0 Å². The lowest BCUT2D eigenvalue weighted by Crippen LogP contribution is -1.97. The molecular weight excluding hydrogens is 307 g/mol. The van der Waals surface area contributed by atoms with Crippen molar-refractivity contribution in [2.24, 2.45) is 0 Å². The highest BCUT2D eigenvalue weighted by molar-refractivity contribution is 9.13. The van der Waals surface area contributed by atoms with E-state index in [2.05, 4.69) is 31.9 Å². The van der Waals surface area contributed by atoms with Crippen molar-refractivity contribution in [1.29, 1.82) is 0 Å². The predicted molar refractivity (Wildman–Crippen MR) is 57.5 cm³/mol. The highest BCUT2D eigenvalue weighted by atomic mass is 79.9. The SMILES string of the molecule is OC(CCl)c1ccc(Br)c(Br)c1. The minimum atomic E-state index is -0.587. The van der Waals surface area contributed by atoms with E-state index in [4.69, 9.17) is 11.6 Å². The Kier molecular flexibility index (Phi) is 4.03. The summed E-state index contributed by atoms with van der Waals surface area (Å²) < 4.78 is 1.89. The van der Waals surface area contributed by atoms with Crippen LogP contribution in [0.1, 0.15) is 11.7 Å². The number of aliphatic hydroxyl groups excluding tert-OH is 1. The van der Waals surface area contributed by atoms with Gasteiger partial charge in [-0.2, -0.15) is 0 Å². The van der Waals surface area contributed by atoms with Crippen molar-refractivity contribution in [2.45, 2.75) is 6.10 Å². The Labute approximate surface area is 93.0 Å². The fourth-order valence-electron chi connectivity index (χ4n) is 0.809. The van der Waals surface area contributed by atoms with Gasteiger partial charge < -0.3 is 5.11 Å². The van der Waals surface area contributed by atoms with E-state index in [9.17, 15) is 5.11 Å². The number of aliphatic hydroxyl groups is 1. The first-order chi connectivity index (χ1) is 5.65. The Morgan fingerprint density at radius 1 is 1.33 bits per heavy atom. The van der Waals surface area contributed by atoms with Gasteiger partial charge in [0.2, 0.25) is 0 Å². The van der Waals surface area contributed by atoms with Gasteiger partial charge in [-0.25, -0.2) is 0 Å². The van der Waals surface area contributed by atoms with Crippen molar-refractivity contribution in [2.75, 3.05) is 5.88 Å². The van der Waals surface area contributed by atoms with Gasteiger partial charge in [-0.1, -0.05) is 6.07 Å². The molecule has 1 unspecified atom stereocenters. The minimum Gasteiger partial charge on any atom is -0.387 e. The second kappa shape index (κ2) is 4.61. The second-order valence-corrected chi connectivity index (χ2v) is 4.36. The lowest BCUT2D eigenvalue weighted by molar-refractivity contribution is 0.202. The molecule has 0 bridgehead atoms. The smallest absolute Gasteiger partial charge is 0.0925 e. The molecule has 12 heavy (non-hydrogen) atoms. The van der Waals surface area contributed by atoms with Gasteiger partial charge in [0.15, 0.2) is 0 Å². The van der Waals surface area contributed by atoms with Crippen LogP contribution < -0.4 is 0 Å². The highest BCUT2D eigenvalue weighted by Crippen LogP contribution is 2.26. The van der Waals surface area contributed by atoms with Crippen molar-refractivity contribution in [3.8, 4) is 0 Å². The first-order valence-corrected chi connectivity index (χ1v) is 5.46. The van der Waals surface area contributed by atoms with Crippen LogP contribution in [0.4, 0.5) is 0 Å². The first kappa shape index (κ1) is 10.5. The van der Waals surface area contributed by atoms with E-state index in [0.717, 1.165) is 14.5 Å². The second-order valence-electron chi connectivity index (χ2n) is 2.34. The summed E-state index contributed by atoms with van der Waals surface area (Å²) in [5.74, 6) is 0.216. The summed E-state index contributed by atoms with van der Waals surface area (Å²) in [6.45, 7) is 0. The van der Waals surface area contributed by atoms with E-state index in [0.29, 0.717) is 0 Å². The zero-order chi connectivity index (χ0) is 9.14. The normalized spacial score (nSPS) is 13.0. The van der Waals surface area contributed by atoms with Crippen LogP contribution in [0.3, 0.4) is 0 Å². The Morgan fingerprint density at radius 2 is 2.00 bits per heavy atom. The van der Waals surface area contributed by atoms with Gasteiger partial charge in [-0.3, -0.25) is 0 Å². The molecule has 1 aromatic rings. The molecule has 0 aliphatic heterocycles. The number of hydrogen-bond donors (Lipinski definition) is 1. The van der Waals surface area contributed by atoms with E-state index in [1.54, 1.807) is 0 Å². The molecule has 0 radical (unpaired) electrons. The average Bonchev–Trinajstić information content (AvgIpc) is 2.08. The zero-order valence-corrected chi connectivity index (χ0v) is 10.0. The van der Waals surface area contributed by atoms with E-state index in [1.807, 2.05) is 18.2 Å². The molecule has 0 aromatic heterocycles. The molecule has 0 saturated heterocycles. The minimum absolute atomic E-state index is 0.216. The van der Waals surface area contributed by atoms with Crippen molar-refractivity contribution >= 4 is 43.5 Å². The molecule has 1 rings (SSSR count). The van der Waals surface area contributed by atoms with Crippen LogP contribution >= 0.6 is 43.5 Å². The van der Waals surface area contributed by atoms with E-state index < -0.39 is 6.10 Å². The summed E-state index contributed by atoms with van der Waals surface area (Å²) >= 11 is 12.2. The number of rotatable bonds is 2. The van der Waals surface area contributed by atoms with Gasteiger partial charge in [0, 0.05) is 8.95 Å². The molecule has 0 fully saturated rings. The number of alkyl halides is 1. The maximum Gasteiger partial charge on any atom is 0.0925 e. The van der Waals surface area contributed by atoms with Crippen molar-refractivity contribution in [1.82, 2.24) is 0 Å². The van der Waals surface area contributed by atoms with Gasteiger partial charge >= 0.3 is 0 Å². The Morgan fingerprint density at radius 3 is 2.50 bits per heavy atom. The van der Waals surface area contributed by atoms with Crippen LogP contribution in [0.2, 0.25) is 0 Å². The largest absolute Gasteiger partial charge is 0.387 e.